The van der Waals surface area contributed by atoms with E-state index in [1.807, 2.05) is 26.0 Å². The molecule has 126 valence electrons. The van der Waals surface area contributed by atoms with Gasteiger partial charge in [-0.2, -0.15) is 0 Å². The zero-order chi connectivity index (χ0) is 17.4. The van der Waals surface area contributed by atoms with Crippen molar-refractivity contribution in [3.8, 4) is 5.75 Å². The van der Waals surface area contributed by atoms with E-state index in [0.29, 0.717) is 30.8 Å². The summed E-state index contributed by atoms with van der Waals surface area (Å²) in [6.45, 7) is 5.20. The molecule has 2 N–H and O–H groups in total. The Kier molecular flexibility index (Phi) is 6.37. The van der Waals surface area contributed by atoms with Crippen molar-refractivity contribution in [2.45, 2.75) is 13.8 Å². The Bertz CT molecular complexity index is 679. The van der Waals surface area contributed by atoms with E-state index in [4.69, 9.17) is 4.74 Å². The average Bonchev–Trinajstić information content (AvgIpc) is 2.60. The summed E-state index contributed by atoms with van der Waals surface area (Å²) in [5.74, 6) is 0.410. The van der Waals surface area contributed by atoms with Crippen LogP contribution in [0.5, 0.6) is 5.75 Å². The second-order valence-electron chi connectivity index (χ2n) is 5.34. The van der Waals surface area contributed by atoms with Crippen LogP contribution in [0.1, 0.15) is 33.2 Å². The van der Waals surface area contributed by atoms with E-state index in [9.17, 15) is 9.59 Å². The molecule has 5 heteroatoms. The lowest BCUT2D eigenvalue weighted by molar-refractivity contribution is 0.0927. The Morgan fingerprint density at radius 2 is 1.29 bits per heavy atom. The second kappa shape index (κ2) is 8.72. The summed E-state index contributed by atoms with van der Waals surface area (Å²) in [4.78, 5) is 23.9. The van der Waals surface area contributed by atoms with Crippen LogP contribution in [0.4, 0.5) is 0 Å². The highest BCUT2D eigenvalue weighted by molar-refractivity contribution is 5.95. The Balaban J connectivity index is 1.74. The van der Waals surface area contributed by atoms with Gasteiger partial charge in [0.1, 0.15) is 5.75 Å². The fraction of sp³-hybridized carbons (Fsp3) is 0.263. The molecule has 0 spiro atoms. The number of rotatable bonds is 7. The molecule has 0 heterocycles. The number of ether oxygens (including phenoxy) is 1. The molecule has 0 aromatic heterocycles. The van der Waals surface area contributed by atoms with Gasteiger partial charge in [-0.05, 0) is 50.2 Å². The Morgan fingerprint density at radius 1 is 0.833 bits per heavy atom. The third-order valence-corrected chi connectivity index (χ3v) is 3.44. The fourth-order valence-corrected chi connectivity index (χ4v) is 2.13. The molecule has 2 aromatic rings. The minimum absolute atomic E-state index is 0.148. The predicted molar refractivity (Wildman–Crippen MR) is 93.5 cm³/mol. The van der Waals surface area contributed by atoms with Crippen molar-refractivity contribution in [3.05, 3.63) is 65.2 Å². The first-order valence-electron chi connectivity index (χ1n) is 7.96. The largest absolute Gasteiger partial charge is 0.494 e. The number of amides is 2. The number of carbonyl (C=O) groups is 2. The molecule has 2 aromatic carbocycles. The normalized spacial score (nSPS) is 10.1. The quantitative estimate of drug-likeness (QED) is 0.769. The van der Waals surface area contributed by atoms with Crippen LogP contribution in [0.2, 0.25) is 0 Å². The molecule has 0 bridgehead atoms. The number of hydrogen-bond donors (Lipinski definition) is 2. The van der Waals surface area contributed by atoms with Gasteiger partial charge < -0.3 is 15.4 Å². The Morgan fingerprint density at radius 3 is 1.75 bits per heavy atom. The van der Waals surface area contributed by atoms with Gasteiger partial charge in [0.05, 0.1) is 6.61 Å². The van der Waals surface area contributed by atoms with Gasteiger partial charge in [-0.3, -0.25) is 9.59 Å². The lowest BCUT2D eigenvalue weighted by Crippen LogP contribution is -2.34. The third-order valence-electron chi connectivity index (χ3n) is 3.44. The first kappa shape index (κ1) is 17.5. The molecule has 5 nitrogen and oxygen atoms in total. The molecular weight excluding hydrogens is 304 g/mol. The summed E-state index contributed by atoms with van der Waals surface area (Å²) in [5, 5.41) is 5.55. The highest BCUT2D eigenvalue weighted by Gasteiger charge is 2.07. The molecule has 0 aliphatic heterocycles. The molecule has 0 unspecified atom stereocenters. The van der Waals surface area contributed by atoms with Crippen LogP contribution >= 0.6 is 0 Å². The topological polar surface area (TPSA) is 67.4 Å². The van der Waals surface area contributed by atoms with Gasteiger partial charge in [-0.15, -0.1) is 0 Å². The summed E-state index contributed by atoms with van der Waals surface area (Å²) in [5.41, 5.74) is 2.27. The van der Waals surface area contributed by atoms with Crippen molar-refractivity contribution < 1.29 is 14.3 Å². The van der Waals surface area contributed by atoms with Gasteiger partial charge in [0.2, 0.25) is 0 Å². The lowest BCUT2D eigenvalue weighted by Gasteiger charge is -2.08. The summed E-state index contributed by atoms with van der Waals surface area (Å²) in [7, 11) is 0. The van der Waals surface area contributed by atoms with Crippen LogP contribution in [0.25, 0.3) is 0 Å². The standard InChI is InChI=1S/C19H22N2O3/c1-3-24-17-10-8-16(9-11-17)19(23)21-13-12-20-18(22)15-6-4-14(2)5-7-15/h4-11H,3,12-13H2,1-2H3,(H,20,22)(H,21,23). The van der Waals surface area contributed by atoms with Gasteiger partial charge in [0, 0.05) is 24.2 Å². The van der Waals surface area contributed by atoms with Crippen molar-refractivity contribution in [2.24, 2.45) is 0 Å². The molecule has 0 fully saturated rings. The van der Waals surface area contributed by atoms with E-state index in [-0.39, 0.29) is 11.8 Å². The second-order valence-corrected chi connectivity index (χ2v) is 5.34. The highest BCUT2D eigenvalue weighted by Crippen LogP contribution is 2.11. The Labute approximate surface area is 142 Å². The summed E-state index contributed by atoms with van der Waals surface area (Å²) in [6.07, 6.45) is 0. The molecule has 0 aliphatic rings. The number of carbonyl (C=O) groups excluding carboxylic acids is 2. The zero-order valence-electron chi connectivity index (χ0n) is 14.0. The molecule has 0 saturated carbocycles. The van der Waals surface area contributed by atoms with E-state index in [0.717, 1.165) is 11.3 Å². The molecular formula is C19H22N2O3. The van der Waals surface area contributed by atoms with Crippen molar-refractivity contribution in [1.29, 1.82) is 0 Å². The Hall–Kier alpha value is -2.82. The van der Waals surface area contributed by atoms with Crippen molar-refractivity contribution in [1.82, 2.24) is 10.6 Å². The van der Waals surface area contributed by atoms with Crippen LogP contribution in [-0.2, 0) is 0 Å². The first-order chi connectivity index (χ1) is 11.6. The van der Waals surface area contributed by atoms with E-state index >= 15 is 0 Å². The van der Waals surface area contributed by atoms with Gasteiger partial charge >= 0.3 is 0 Å². The van der Waals surface area contributed by atoms with E-state index in [1.165, 1.54) is 0 Å². The predicted octanol–water partition coefficient (Wildman–Crippen LogP) is 2.55. The minimum Gasteiger partial charge on any atom is -0.494 e. The molecule has 0 aliphatic carbocycles. The van der Waals surface area contributed by atoms with Gasteiger partial charge in [0.25, 0.3) is 11.8 Å². The summed E-state index contributed by atoms with van der Waals surface area (Å²) >= 11 is 0. The molecule has 0 radical (unpaired) electrons. The SMILES string of the molecule is CCOc1ccc(C(=O)NCCNC(=O)c2ccc(C)cc2)cc1. The van der Waals surface area contributed by atoms with Crippen molar-refractivity contribution >= 4 is 11.8 Å². The monoisotopic (exact) mass is 326 g/mol. The van der Waals surface area contributed by atoms with Crippen LogP contribution in [0.15, 0.2) is 48.5 Å². The van der Waals surface area contributed by atoms with Crippen molar-refractivity contribution in [3.63, 3.8) is 0 Å². The van der Waals surface area contributed by atoms with Gasteiger partial charge in [-0.1, -0.05) is 17.7 Å². The molecule has 0 atom stereocenters. The third kappa shape index (κ3) is 5.12. The summed E-state index contributed by atoms with van der Waals surface area (Å²) < 4.78 is 5.34. The van der Waals surface area contributed by atoms with Gasteiger partial charge in [-0.25, -0.2) is 0 Å². The molecule has 2 amide bonds. The molecule has 0 saturated heterocycles. The first-order valence-corrected chi connectivity index (χ1v) is 7.96. The van der Waals surface area contributed by atoms with Crippen molar-refractivity contribution in [2.75, 3.05) is 19.7 Å². The van der Waals surface area contributed by atoms with Crippen LogP contribution < -0.4 is 15.4 Å². The number of hydrogen-bond acceptors (Lipinski definition) is 3. The van der Waals surface area contributed by atoms with Gasteiger partial charge in [0.15, 0.2) is 0 Å². The smallest absolute Gasteiger partial charge is 0.251 e. The van der Waals surface area contributed by atoms with E-state index < -0.39 is 0 Å². The van der Waals surface area contributed by atoms with E-state index in [1.54, 1.807) is 36.4 Å². The molecule has 24 heavy (non-hydrogen) atoms. The lowest BCUT2D eigenvalue weighted by atomic mass is 10.1. The maximum absolute atomic E-state index is 12.0. The maximum atomic E-state index is 12.0. The van der Waals surface area contributed by atoms with Crippen LogP contribution in [0, 0.1) is 6.92 Å². The highest BCUT2D eigenvalue weighted by atomic mass is 16.5. The average molecular weight is 326 g/mol. The minimum atomic E-state index is -0.178. The molecule has 2 rings (SSSR count). The number of nitrogens with one attached hydrogen (secondary N) is 2. The maximum Gasteiger partial charge on any atom is 0.251 e. The zero-order valence-corrected chi connectivity index (χ0v) is 14.0. The number of aryl methyl sites for hydroxylation is 1. The van der Waals surface area contributed by atoms with E-state index in [2.05, 4.69) is 10.6 Å². The van der Waals surface area contributed by atoms with Crippen LogP contribution in [-0.4, -0.2) is 31.5 Å². The summed E-state index contributed by atoms with van der Waals surface area (Å²) in [6, 6.07) is 14.3. The fourth-order valence-electron chi connectivity index (χ4n) is 2.13. The van der Waals surface area contributed by atoms with Crippen LogP contribution in [0.3, 0.4) is 0 Å². The number of benzene rings is 2.